The van der Waals surface area contributed by atoms with Gasteiger partial charge in [-0.1, -0.05) is 66.7 Å². The molecule has 1 aromatic heterocycles. The highest BCUT2D eigenvalue weighted by atomic mass is 32.1. The lowest BCUT2D eigenvalue weighted by Crippen LogP contribution is -1.83. The second kappa shape index (κ2) is 5.32. The van der Waals surface area contributed by atoms with Crippen LogP contribution in [0.2, 0.25) is 0 Å². The van der Waals surface area contributed by atoms with Gasteiger partial charge in [0.25, 0.3) is 0 Å². The Morgan fingerprint density at radius 2 is 1.32 bits per heavy atom. The minimum absolute atomic E-state index is 0.813. The fourth-order valence-corrected chi connectivity index (χ4v) is 4.08. The van der Waals surface area contributed by atoms with Gasteiger partial charge in [-0.25, -0.2) is 0 Å². The zero-order valence-electron chi connectivity index (χ0n) is 12.0. The van der Waals surface area contributed by atoms with E-state index in [0.717, 1.165) is 5.69 Å². The second-order valence-electron chi connectivity index (χ2n) is 5.29. The molecule has 1 heterocycles. The van der Waals surface area contributed by atoms with Crippen LogP contribution in [0.1, 0.15) is 0 Å². The highest BCUT2D eigenvalue weighted by molar-refractivity contribution is 7.23. The van der Waals surface area contributed by atoms with Crippen molar-refractivity contribution in [1.29, 1.82) is 0 Å². The molecule has 22 heavy (non-hydrogen) atoms. The maximum atomic E-state index is 5.97. The molecule has 3 aromatic carbocycles. The van der Waals surface area contributed by atoms with E-state index in [0.29, 0.717) is 0 Å². The Bertz CT molecular complexity index is 924. The van der Waals surface area contributed by atoms with Crippen molar-refractivity contribution in [3.8, 4) is 21.6 Å². The predicted molar refractivity (Wildman–Crippen MR) is 97.1 cm³/mol. The first kappa shape index (κ1) is 13.1. The largest absolute Gasteiger partial charge is 0.399 e. The number of anilines is 1. The SMILES string of the molecule is Nc1ccc2c(-c3ccccc3)c(-c3ccccc3)sc2c1. The van der Waals surface area contributed by atoms with E-state index >= 15 is 0 Å². The maximum absolute atomic E-state index is 5.97. The van der Waals surface area contributed by atoms with Crippen molar-refractivity contribution in [3.05, 3.63) is 78.9 Å². The Morgan fingerprint density at radius 1 is 0.682 bits per heavy atom. The average Bonchev–Trinajstić information content (AvgIpc) is 2.95. The van der Waals surface area contributed by atoms with Gasteiger partial charge in [-0.05, 0) is 23.3 Å². The fourth-order valence-electron chi connectivity index (χ4n) is 2.80. The van der Waals surface area contributed by atoms with Crippen molar-refractivity contribution in [2.45, 2.75) is 0 Å². The fraction of sp³-hybridized carbons (Fsp3) is 0. The molecule has 0 spiro atoms. The Labute approximate surface area is 133 Å². The van der Waals surface area contributed by atoms with Crippen LogP contribution in [0.5, 0.6) is 0 Å². The van der Waals surface area contributed by atoms with Crippen LogP contribution < -0.4 is 5.73 Å². The van der Waals surface area contributed by atoms with E-state index in [1.54, 1.807) is 11.3 Å². The molecule has 106 valence electrons. The zero-order chi connectivity index (χ0) is 14.9. The van der Waals surface area contributed by atoms with Crippen molar-refractivity contribution < 1.29 is 0 Å². The monoisotopic (exact) mass is 301 g/mol. The summed E-state index contributed by atoms with van der Waals surface area (Å²) < 4.78 is 1.23. The number of nitrogen functional groups attached to an aromatic ring is 1. The molecule has 1 nitrogen and oxygen atoms in total. The van der Waals surface area contributed by atoms with Crippen LogP contribution in [0.4, 0.5) is 5.69 Å². The summed E-state index contributed by atoms with van der Waals surface area (Å²) >= 11 is 1.81. The summed E-state index contributed by atoms with van der Waals surface area (Å²) in [7, 11) is 0. The molecular weight excluding hydrogens is 286 g/mol. The van der Waals surface area contributed by atoms with E-state index in [4.69, 9.17) is 5.73 Å². The van der Waals surface area contributed by atoms with Crippen LogP contribution in [0.3, 0.4) is 0 Å². The van der Waals surface area contributed by atoms with E-state index in [2.05, 4.69) is 72.8 Å². The molecule has 0 aliphatic heterocycles. The van der Waals surface area contributed by atoms with Crippen molar-refractivity contribution >= 4 is 27.1 Å². The molecule has 0 atom stereocenters. The third-order valence-electron chi connectivity index (χ3n) is 3.81. The number of hydrogen-bond acceptors (Lipinski definition) is 2. The van der Waals surface area contributed by atoms with Crippen molar-refractivity contribution in [2.75, 3.05) is 5.73 Å². The van der Waals surface area contributed by atoms with Gasteiger partial charge >= 0.3 is 0 Å². The molecule has 0 aliphatic carbocycles. The standard InChI is InChI=1S/C20H15NS/c21-16-11-12-17-18(13-16)22-20(15-9-5-2-6-10-15)19(17)14-7-3-1-4-8-14/h1-13H,21H2. The molecule has 2 N–H and O–H groups in total. The topological polar surface area (TPSA) is 26.0 Å². The van der Waals surface area contributed by atoms with E-state index in [1.807, 2.05) is 6.07 Å². The predicted octanol–water partition coefficient (Wildman–Crippen LogP) is 5.82. The molecule has 0 radical (unpaired) electrons. The molecule has 0 unspecified atom stereocenters. The normalized spacial score (nSPS) is 10.9. The summed E-state index contributed by atoms with van der Waals surface area (Å²) in [6.45, 7) is 0. The number of thiophene rings is 1. The highest BCUT2D eigenvalue weighted by Crippen LogP contribution is 2.45. The van der Waals surface area contributed by atoms with E-state index in [9.17, 15) is 0 Å². The summed E-state index contributed by atoms with van der Waals surface area (Å²) in [5.41, 5.74) is 10.6. The van der Waals surface area contributed by atoms with E-state index in [-0.39, 0.29) is 0 Å². The Morgan fingerprint density at radius 3 is 2.00 bits per heavy atom. The average molecular weight is 301 g/mol. The molecular formula is C20H15NS. The van der Waals surface area contributed by atoms with Gasteiger partial charge in [-0.3, -0.25) is 0 Å². The van der Waals surface area contributed by atoms with Crippen LogP contribution in [-0.4, -0.2) is 0 Å². The Hall–Kier alpha value is -2.58. The quantitative estimate of drug-likeness (QED) is 0.464. The number of hydrogen-bond donors (Lipinski definition) is 1. The number of nitrogens with two attached hydrogens (primary N) is 1. The minimum atomic E-state index is 0.813. The molecule has 0 saturated carbocycles. The minimum Gasteiger partial charge on any atom is -0.399 e. The molecule has 4 aromatic rings. The first-order valence-corrected chi connectivity index (χ1v) is 8.07. The summed E-state index contributed by atoms with van der Waals surface area (Å²) in [4.78, 5) is 1.30. The van der Waals surface area contributed by atoms with Gasteiger partial charge < -0.3 is 5.73 Å². The Kier molecular flexibility index (Phi) is 3.17. The second-order valence-corrected chi connectivity index (χ2v) is 6.35. The van der Waals surface area contributed by atoms with Crippen LogP contribution in [0.15, 0.2) is 78.9 Å². The summed E-state index contributed by atoms with van der Waals surface area (Å²) in [5.74, 6) is 0. The molecule has 0 bridgehead atoms. The lowest BCUT2D eigenvalue weighted by atomic mass is 9.99. The molecule has 0 amide bonds. The van der Waals surface area contributed by atoms with Gasteiger partial charge in [0.05, 0.1) is 0 Å². The smallest absolute Gasteiger partial charge is 0.0433 e. The summed E-state index contributed by atoms with van der Waals surface area (Å²) in [6.07, 6.45) is 0. The van der Waals surface area contributed by atoms with Gasteiger partial charge in [-0.15, -0.1) is 11.3 Å². The first-order valence-electron chi connectivity index (χ1n) is 7.26. The number of fused-ring (bicyclic) bond motifs is 1. The van der Waals surface area contributed by atoms with Crippen LogP contribution in [0.25, 0.3) is 31.7 Å². The lowest BCUT2D eigenvalue weighted by molar-refractivity contribution is 1.66. The van der Waals surface area contributed by atoms with E-state index in [1.165, 1.54) is 31.7 Å². The third-order valence-corrected chi connectivity index (χ3v) is 5.01. The third kappa shape index (κ3) is 2.18. The lowest BCUT2D eigenvalue weighted by Gasteiger charge is -2.05. The first-order chi connectivity index (χ1) is 10.8. The molecule has 2 heteroatoms. The summed E-state index contributed by atoms with van der Waals surface area (Å²) in [6, 6.07) is 27.3. The number of benzene rings is 3. The van der Waals surface area contributed by atoms with Crippen LogP contribution in [-0.2, 0) is 0 Å². The zero-order valence-corrected chi connectivity index (χ0v) is 12.8. The van der Waals surface area contributed by atoms with Crippen LogP contribution in [0, 0.1) is 0 Å². The van der Waals surface area contributed by atoms with Gasteiger partial charge in [0, 0.05) is 26.2 Å². The maximum Gasteiger partial charge on any atom is 0.0433 e. The molecule has 0 aliphatic rings. The van der Waals surface area contributed by atoms with Gasteiger partial charge in [0.15, 0.2) is 0 Å². The van der Waals surface area contributed by atoms with Crippen LogP contribution >= 0.6 is 11.3 Å². The highest BCUT2D eigenvalue weighted by Gasteiger charge is 2.15. The molecule has 4 rings (SSSR count). The number of rotatable bonds is 2. The molecule has 0 fully saturated rings. The van der Waals surface area contributed by atoms with Gasteiger partial charge in [-0.2, -0.15) is 0 Å². The van der Waals surface area contributed by atoms with Crippen molar-refractivity contribution in [2.24, 2.45) is 0 Å². The summed E-state index contributed by atoms with van der Waals surface area (Å²) in [5, 5.41) is 1.27. The van der Waals surface area contributed by atoms with Gasteiger partial charge in [0.2, 0.25) is 0 Å². The van der Waals surface area contributed by atoms with E-state index < -0.39 is 0 Å². The molecule has 0 saturated heterocycles. The van der Waals surface area contributed by atoms with Gasteiger partial charge in [0.1, 0.15) is 0 Å². The van der Waals surface area contributed by atoms with Crippen molar-refractivity contribution in [3.63, 3.8) is 0 Å². The Balaban J connectivity index is 2.07. The van der Waals surface area contributed by atoms with Crippen molar-refractivity contribution in [1.82, 2.24) is 0 Å².